The Bertz CT molecular complexity index is 663. The predicted molar refractivity (Wildman–Crippen MR) is 98.6 cm³/mol. The Morgan fingerprint density at radius 3 is 2.58 bits per heavy atom. The van der Waals surface area contributed by atoms with Crippen LogP contribution in [0.3, 0.4) is 0 Å². The lowest BCUT2D eigenvalue weighted by Gasteiger charge is -2.13. The molecule has 0 aliphatic heterocycles. The van der Waals surface area contributed by atoms with Gasteiger partial charge in [0.15, 0.2) is 5.11 Å². The number of hydrogen-bond acceptors (Lipinski definition) is 5. The van der Waals surface area contributed by atoms with Gasteiger partial charge in [0.25, 0.3) is 0 Å². The lowest BCUT2D eigenvalue weighted by Crippen LogP contribution is -2.37. The number of hydrogen-bond donors (Lipinski definition) is 2. The first-order valence-electron chi connectivity index (χ1n) is 8.45. The molecular formula is C17H22N2O3S2. The van der Waals surface area contributed by atoms with Gasteiger partial charge in [0.1, 0.15) is 5.00 Å². The van der Waals surface area contributed by atoms with Crippen LogP contribution in [-0.4, -0.2) is 24.1 Å². The van der Waals surface area contributed by atoms with E-state index in [-0.39, 0.29) is 22.9 Å². The molecule has 0 radical (unpaired) electrons. The number of thiophene rings is 1. The maximum absolute atomic E-state index is 12.2. The van der Waals surface area contributed by atoms with Gasteiger partial charge in [-0.3, -0.25) is 4.79 Å². The Labute approximate surface area is 151 Å². The molecule has 1 aromatic heterocycles. The van der Waals surface area contributed by atoms with Crippen LogP contribution < -0.4 is 10.6 Å². The summed E-state index contributed by atoms with van der Waals surface area (Å²) >= 11 is 6.82. The minimum Gasteiger partial charge on any atom is -0.465 e. The van der Waals surface area contributed by atoms with E-state index in [9.17, 15) is 9.59 Å². The van der Waals surface area contributed by atoms with Crippen LogP contribution in [0.2, 0.25) is 0 Å². The lowest BCUT2D eigenvalue weighted by atomic mass is 9.95. The molecule has 2 N–H and O–H groups in total. The van der Waals surface area contributed by atoms with Crippen LogP contribution in [0.15, 0.2) is 0 Å². The first kappa shape index (κ1) is 17.4. The van der Waals surface area contributed by atoms with Crippen LogP contribution >= 0.6 is 23.6 Å². The summed E-state index contributed by atoms with van der Waals surface area (Å²) in [7, 11) is 1.39. The number of methoxy groups -OCH3 is 1. The Morgan fingerprint density at radius 2 is 1.88 bits per heavy atom. The molecule has 1 heterocycles. The van der Waals surface area contributed by atoms with Gasteiger partial charge in [-0.25, -0.2) is 4.79 Å². The normalized spacial score (nSPS) is 17.2. The second-order valence-corrected chi connectivity index (χ2v) is 7.84. The molecular weight excluding hydrogens is 344 g/mol. The topological polar surface area (TPSA) is 67.4 Å². The fourth-order valence-corrected chi connectivity index (χ4v) is 5.06. The highest BCUT2D eigenvalue weighted by atomic mass is 32.1. The van der Waals surface area contributed by atoms with Crippen molar-refractivity contribution in [1.82, 2.24) is 5.32 Å². The molecule has 0 spiro atoms. The number of carbonyl (C=O) groups excluding carboxylic acids is 2. The molecule has 0 bridgehead atoms. The average molecular weight is 367 g/mol. The number of carbonyl (C=O) groups is 2. The van der Waals surface area contributed by atoms with Crippen LogP contribution in [0.1, 0.15) is 59.3 Å². The van der Waals surface area contributed by atoms with E-state index in [2.05, 4.69) is 10.6 Å². The molecule has 130 valence electrons. The number of amides is 1. The molecule has 0 aromatic carbocycles. The molecule has 0 unspecified atom stereocenters. The van der Waals surface area contributed by atoms with Gasteiger partial charge in [-0.1, -0.05) is 12.8 Å². The minimum atomic E-state index is -0.346. The molecule has 2 aliphatic carbocycles. The smallest absolute Gasteiger partial charge is 0.341 e. The van der Waals surface area contributed by atoms with Gasteiger partial charge in [0.05, 0.1) is 12.7 Å². The number of aryl methyl sites for hydroxylation is 1. The maximum atomic E-state index is 12.2. The predicted octanol–water partition coefficient (Wildman–Crippen LogP) is 3.42. The van der Waals surface area contributed by atoms with E-state index in [4.69, 9.17) is 17.0 Å². The van der Waals surface area contributed by atoms with E-state index < -0.39 is 0 Å². The van der Waals surface area contributed by atoms with Crippen molar-refractivity contribution in [2.75, 3.05) is 12.4 Å². The Morgan fingerprint density at radius 1 is 1.17 bits per heavy atom. The molecule has 1 aromatic rings. The molecule has 0 saturated heterocycles. The monoisotopic (exact) mass is 366 g/mol. The van der Waals surface area contributed by atoms with Crippen LogP contribution in [-0.2, 0) is 22.4 Å². The van der Waals surface area contributed by atoms with Crippen molar-refractivity contribution in [1.29, 1.82) is 0 Å². The van der Waals surface area contributed by atoms with Crippen molar-refractivity contribution in [3.8, 4) is 0 Å². The molecule has 2 aliphatic rings. The van der Waals surface area contributed by atoms with E-state index in [1.54, 1.807) is 11.3 Å². The first-order chi connectivity index (χ1) is 11.6. The summed E-state index contributed by atoms with van der Waals surface area (Å²) in [6.45, 7) is 0. The number of thiocarbonyl (C=S) groups is 1. The number of nitrogens with one attached hydrogen (secondary N) is 2. The van der Waals surface area contributed by atoms with Gasteiger partial charge < -0.3 is 15.4 Å². The Balaban J connectivity index is 1.74. The zero-order valence-corrected chi connectivity index (χ0v) is 15.4. The molecule has 1 fully saturated rings. The van der Waals surface area contributed by atoms with Crippen molar-refractivity contribution in [2.24, 2.45) is 5.92 Å². The van der Waals surface area contributed by atoms with Gasteiger partial charge in [-0.2, -0.15) is 0 Å². The van der Waals surface area contributed by atoms with Crippen molar-refractivity contribution in [2.45, 2.75) is 51.4 Å². The van der Waals surface area contributed by atoms with E-state index in [0.717, 1.165) is 56.9 Å². The van der Waals surface area contributed by atoms with Crippen LogP contribution in [0.4, 0.5) is 5.00 Å². The van der Waals surface area contributed by atoms with Gasteiger partial charge in [0.2, 0.25) is 5.91 Å². The molecule has 3 rings (SSSR count). The zero-order valence-electron chi connectivity index (χ0n) is 13.8. The summed E-state index contributed by atoms with van der Waals surface area (Å²) in [4.78, 5) is 25.6. The first-order valence-corrected chi connectivity index (χ1v) is 9.67. The molecule has 0 atom stereocenters. The van der Waals surface area contributed by atoms with Gasteiger partial charge in [0, 0.05) is 10.8 Å². The highest BCUT2D eigenvalue weighted by Crippen LogP contribution is 2.38. The summed E-state index contributed by atoms with van der Waals surface area (Å²) in [5.41, 5.74) is 1.65. The standard InChI is InChI=1S/C17H22N2O3S2/c1-22-16(21)13-11-8-4-5-9-12(11)24-15(13)19-17(23)18-14(20)10-6-2-3-7-10/h10H,2-9H2,1H3,(H2,18,19,20,23). The van der Waals surface area contributed by atoms with Crippen LogP contribution in [0, 0.1) is 5.92 Å². The van der Waals surface area contributed by atoms with Crippen molar-refractivity contribution in [3.63, 3.8) is 0 Å². The summed E-state index contributed by atoms with van der Waals surface area (Å²) in [5.74, 6) is -0.311. The molecule has 1 amide bonds. The van der Waals surface area contributed by atoms with Crippen molar-refractivity contribution >= 4 is 45.5 Å². The minimum absolute atomic E-state index is 0.0223. The van der Waals surface area contributed by atoms with Gasteiger partial charge in [-0.05, 0) is 56.3 Å². The van der Waals surface area contributed by atoms with E-state index in [1.807, 2.05) is 0 Å². The van der Waals surface area contributed by atoms with Gasteiger partial charge in [-0.15, -0.1) is 11.3 Å². The summed E-state index contributed by atoms with van der Waals surface area (Å²) in [6, 6.07) is 0. The second-order valence-electron chi connectivity index (χ2n) is 6.33. The quantitative estimate of drug-likeness (QED) is 0.634. The Hall–Kier alpha value is -1.47. The van der Waals surface area contributed by atoms with E-state index in [1.165, 1.54) is 12.0 Å². The number of fused-ring (bicyclic) bond motifs is 1. The number of rotatable bonds is 3. The van der Waals surface area contributed by atoms with Crippen molar-refractivity contribution in [3.05, 3.63) is 16.0 Å². The van der Waals surface area contributed by atoms with E-state index in [0.29, 0.717) is 10.6 Å². The summed E-state index contributed by atoms with van der Waals surface area (Å²) in [5, 5.41) is 6.77. The molecule has 24 heavy (non-hydrogen) atoms. The third kappa shape index (κ3) is 3.62. The van der Waals surface area contributed by atoms with Crippen LogP contribution in [0.25, 0.3) is 0 Å². The Kier molecular flexibility index (Phi) is 5.50. The van der Waals surface area contributed by atoms with Crippen molar-refractivity contribution < 1.29 is 14.3 Å². The van der Waals surface area contributed by atoms with E-state index >= 15 is 0 Å². The number of esters is 1. The molecule has 7 heteroatoms. The molecule has 5 nitrogen and oxygen atoms in total. The third-order valence-electron chi connectivity index (χ3n) is 4.75. The maximum Gasteiger partial charge on any atom is 0.341 e. The highest BCUT2D eigenvalue weighted by molar-refractivity contribution is 7.80. The zero-order chi connectivity index (χ0) is 17.1. The average Bonchev–Trinajstić information content (AvgIpc) is 3.21. The SMILES string of the molecule is COC(=O)c1c(NC(=S)NC(=O)C2CCCC2)sc2c1CCCC2. The van der Waals surface area contributed by atoms with Crippen LogP contribution in [0.5, 0.6) is 0 Å². The largest absolute Gasteiger partial charge is 0.465 e. The summed E-state index contributed by atoms with van der Waals surface area (Å²) < 4.78 is 4.94. The fourth-order valence-electron chi connectivity index (χ4n) is 3.51. The van der Waals surface area contributed by atoms with Gasteiger partial charge >= 0.3 is 5.97 Å². The highest BCUT2D eigenvalue weighted by Gasteiger charge is 2.27. The second kappa shape index (κ2) is 7.61. The number of ether oxygens (including phenoxy) is 1. The third-order valence-corrected chi connectivity index (χ3v) is 6.16. The molecule has 1 saturated carbocycles. The fraction of sp³-hybridized carbons (Fsp3) is 0.588. The lowest BCUT2D eigenvalue weighted by molar-refractivity contribution is -0.123. The summed E-state index contributed by atoms with van der Waals surface area (Å²) in [6.07, 6.45) is 8.13. The number of anilines is 1.